The minimum Gasteiger partial charge on any atom is -0.303 e. The molecule has 0 fully saturated rings. The Morgan fingerprint density at radius 2 is 2.40 bits per heavy atom. The lowest BCUT2D eigenvalue weighted by Crippen LogP contribution is -1.64. The van der Waals surface area contributed by atoms with Crippen molar-refractivity contribution in [1.82, 2.24) is 0 Å². The van der Waals surface area contributed by atoms with E-state index in [4.69, 9.17) is 0 Å². The van der Waals surface area contributed by atoms with Crippen LogP contribution in [0.3, 0.4) is 0 Å². The average Bonchev–Trinajstić information content (AvgIpc) is 1.98. The Morgan fingerprint density at radius 3 is 2.90 bits per heavy atom. The van der Waals surface area contributed by atoms with Gasteiger partial charge in [-0.15, -0.1) is 0 Å². The van der Waals surface area contributed by atoms with Crippen LogP contribution in [0.15, 0.2) is 27.8 Å². The molecule has 0 heterocycles. The highest BCUT2D eigenvalue weighted by Crippen LogP contribution is 2.04. The van der Waals surface area contributed by atoms with E-state index >= 15 is 0 Å². The van der Waals surface area contributed by atoms with Gasteiger partial charge < -0.3 is 4.79 Å². The number of rotatable bonds is 4. The second-order valence-electron chi connectivity index (χ2n) is 1.48. The third kappa shape index (κ3) is 5.44. The summed E-state index contributed by atoms with van der Waals surface area (Å²) in [6.07, 6.45) is 6.47. The molecule has 0 amide bonds. The van der Waals surface area contributed by atoms with Crippen LogP contribution in [0.4, 0.5) is 0 Å². The molecule has 0 N–H and O–H groups in total. The van der Waals surface area contributed by atoms with Gasteiger partial charge in [-0.25, -0.2) is 0 Å². The predicted octanol–water partition coefficient (Wildman–Crippen LogP) is 2.07. The van der Waals surface area contributed by atoms with Crippen molar-refractivity contribution >= 4 is 28.9 Å². The number of carbonyl (C=O) groups is 1. The molecule has 0 unspecified atom stereocenters. The van der Waals surface area contributed by atoms with Gasteiger partial charge in [0.05, 0.1) is 0 Å². The maximum Gasteiger partial charge on any atom is 0.123 e. The molecule has 0 aliphatic heterocycles. The van der Waals surface area contributed by atoms with Crippen LogP contribution in [-0.2, 0) is 4.79 Å². The second-order valence-corrected chi connectivity index (χ2v) is 2.29. The van der Waals surface area contributed by atoms with Crippen LogP contribution in [0.25, 0.3) is 0 Å². The third-order valence-electron chi connectivity index (χ3n) is 0.753. The molecule has 0 aromatic heterocycles. The first-order chi connectivity index (χ1) is 4.81. The van der Waals surface area contributed by atoms with E-state index in [1.54, 1.807) is 18.2 Å². The van der Waals surface area contributed by atoms with Gasteiger partial charge in [-0.3, -0.25) is 4.99 Å². The van der Waals surface area contributed by atoms with Gasteiger partial charge in [0.1, 0.15) is 10.9 Å². The molecule has 0 aromatic rings. The minimum atomic E-state index is 0.438. The quantitative estimate of drug-likeness (QED) is 0.297. The summed E-state index contributed by atoms with van der Waals surface area (Å²) in [5.74, 6) is 0. The molecule has 0 saturated heterocycles. The predicted molar refractivity (Wildman–Crippen MR) is 46.4 cm³/mol. The molecule has 0 aromatic carbocycles. The molecule has 0 bridgehead atoms. The zero-order valence-corrected chi connectivity index (χ0v) is 7.04. The molecule has 2 nitrogen and oxygen atoms in total. The van der Waals surface area contributed by atoms with Crippen molar-refractivity contribution in [1.29, 1.82) is 0 Å². The van der Waals surface area contributed by atoms with E-state index < -0.39 is 0 Å². The first kappa shape index (κ1) is 9.30. The van der Waals surface area contributed by atoms with E-state index in [1.807, 2.05) is 0 Å². The topological polar surface area (TPSA) is 29.4 Å². The van der Waals surface area contributed by atoms with Crippen LogP contribution in [0.1, 0.15) is 6.42 Å². The van der Waals surface area contributed by atoms with Crippen LogP contribution >= 0.6 is 15.9 Å². The monoisotopic (exact) mass is 201 g/mol. The van der Waals surface area contributed by atoms with Gasteiger partial charge in [-0.2, -0.15) is 0 Å². The number of hydrogen-bond acceptors (Lipinski definition) is 2. The SMILES string of the molecule is C=N/C(Br)=C\C=C/CC=O. The Labute approximate surface area is 68.5 Å². The summed E-state index contributed by atoms with van der Waals surface area (Å²) in [4.78, 5) is 13.4. The van der Waals surface area contributed by atoms with E-state index in [1.165, 1.54) is 0 Å². The van der Waals surface area contributed by atoms with Crippen LogP contribution in [0, 0.1) is 0 Å². The van der Waals surface area contributed by atoms with Gasteiger partial charge in [-0.1, -0.05) is 12.2 Å². The van der Waals surface area contributed by atoms with E-state index in [0.29, 0.717) is 11.0 Å². The zero-order chi connectivity index (χ0) is 7.82. The molecule has 0 aliphatic carbocycles. The number of aliphatic imine (C=N–C) groups is 1. The van der Waals surface area contributed by atoms with Gasteiger partial charge >= 0.3 is 0 Å². The molecule has 0 rings (SSSR count). The number of aldehydes is 1. The maximum absolute atomic E-state index is 9.80. The highest BCUT2D eigenvalue weighted by atomic mass is 79.9. The number of halogens is 1. The molecule has 0 atom stereocenters. The van der Waals surface area contributed by atoms with Crippen LogP contribution in [0.2, 0.25) is 0 Å². The summed E-state index contributed by atoms with van der Waals surface area (Å²) in [6.45, 7) is 3.29. The van der Waals surface area contributed by atoms with Crippen LogP contribution in [0.5, 0.6) is 0 Å². The summed E-state index contributed by atoms with van der Waals surface area (Å²) in [6, 6.07) is 0. The van der Waals surface area contributed by atoms with Gasteiger partial charge in [0, 0.05) is 6.42 Å². The first-order valence-corrected chi connectivity index (χ1v) is 3.53. The van der Waals surface area contributed by atoms with Crippen molar-refractivity contribution in [3.05, 3.63) is 22.8 Å². The molecule has 3 heteroatoms. The molecule has 0 radical (unpaired) electrons. The van der Waals surface area contributed by atoms with Gasteiger partial charge in [-0.05, 0) is 28.7 Å². The van der Waals surface area contributed by atoms with Crippen molar-refractivity contribution in [3.63, 3.8) is 0 Å². The lowest BCUT2D eigenvalue weighted by atomic mass is 10.4. The highest BCUT2D eigenvalue weighted by molar-refractivity contribution is 9.11. The fourth-order valence-electron chi connectivity index (χ4n) is 0.334. The summed E-state index contributed by atoms with van der Waals surface area (Å²) >= 11 is 3.12. The second kappa shape index (κ2) is 6.42. The molecular weight excluding hydrogens is 194 g/mol. The average molecular weight is 202 g/mol. The number of nitrogens with zero attached hydrogens (tertiary/aromatic N) is 1. The number of hydrogen-bond donors (Lipinski definition) is 0. The fourth-order valence-corrected chi connectivity index (χ4v) is 0.487. The normalized spacial score (nSPS) is 11.9. The Balaban J connectivity index is 3.69. The van der Waals surface area contributed by atoms with Crippen molar-refractivity contribution < 1.29 is 4.79 Å². The maximum atomic E-state index is 9.80. The van der Waals surface area contributed by atoms with E-state index in [9.17, 15) is 4.79 Å². The summed E-state index contributed by atoms with van der Waals surface area (Å²) in [5, 5.41) is 0. The molecule has 0 saturated carbocycles. The molecular formula is C7H8BrNO. The van der Waals surface area contributed by atoms with Gasteiger partial charge in [0.2, 0.25) is 0 Å². The molecule has 10 heavy (non-hydrogen) atoms. The van der Waals surface area contributed by atoms with E-state index in [2.05, 4.69) is 27.6 Å². The highest BCUT2D eigenvalue weighted by Gasteiger charge is 1.76. The van der Waals surface area contributed by atoms with Crippen LogP contribution in [-0.4, -0.2) is 13.0 Å². The van der Waals surface area contributed by atoms with E-state index in [0.717, 1.165) is 6.29 Å². The Kier molecular flexibility index (Phi) is 5.97. The van der Waals surface area contributed by atoms with Crippen LogP contribution < -0.4 is 0 Å². The number of allylic oxidation sites excluding steroid dienone is 3. The number of carbonyl (C=O) groups excluding carboxylic acids is 1. The standard InChI is InChI=1S/C7H8BrNO/c1-9-7(8)5-3-2-4-6-10/h2-3,5-6H,1,4H2/b3-2-,7-5-. The summed E-state index contributed by atoms with van der Waals surface area (Å²) < 4.78 is 0.662. The lowest BCUT2D eigenvalue weighted by Gasteiger charge is -1.80. The smallest absolute Gasteiger partial charge is 0.123 e. The first-order valence-electron chi connectivity index (χ1n) is 2.74. The van der Waals surface area contributed by atoms with Crippen molar-refractivity contribution in [2.24, 2.45) is 4.99 Å². The summed E-state index contributed by atoms with van der Waals surface area (Å²) in [7, 11) is 0. The Hall–Kier alpha value is -0.700. The van der Waals surface area contributed by atoms with Crippen molar-refractivity contribution in [2.45, 2.75) is 6.42 Å². The third-order valence-corrected chi connectivity index (χ3v) is 1.27. The minimum absolute atomic E-state index is 0.438. The van der Waals surface area contributed by atoms with Crippen molar-refractivity contribution in [3.8, 4) is 0 Å². The Bertz CT molecular complexity index is 172. The summed E-state index contributed by atoms with van der Waals surface area (Å²) in [5.41, 5.74) is 0. The van der Waals surface area contributed by atoms with E-state index in [-0.39, 0.29) is 0 Å². The van der Waals surface area contributed by atoms with Crippen molar-refractivity contribution in [2.75, 3.05) is 0 Å². The molecule has 54 valence electrons. The largest absolute Gasteiger partial charge is 0.303 e. The van der Waals surface area contributed by atoms with Gasteiger partial charge in [0.25, 0.3) is 0 Å². The van der Waals surface area contributed by atoms with Gasteiger partial charge in [0.15, 0.2) is 0 Å². The zero-order valence-electron chi connectivity index (χ0n) is 5.46. The lowest BCUT2D eigenvalue weighted by molar-refractivity contribution is -0.107. The molecule has 0 spiro atoms. The molecule has 0 aliphatic rings. The Morgan fingerprint density at radius 1 is 1.70 bits per heavy atom. The fraction of sp³-hybridized carbons (Fsp3) is 0.143.